The molecule has 0 aliphatic rings. The second-order valence-corrected chi connectivity index (χ2v) is 5.63. The minimum atomic E-state index is -0.421. The SMILES string of the molecule is Cc1ccc(C(=O)Nc2ccccc2-c2n[nH]c(=S)[nH]c2=O)cc1. The fourth-order valence-corrected chi connectivity index (χ4v) is 2.37. The third kappa shape index (κ3) is 3.31. The summed E-state index contributed by atoms with van der Waals surface area (Å²) in [4.78, 5) is 27.0. The molecule has 3 rings (SSSR count). The van der Waals surface area contributed by atoms with E-state index >= 15 is 0 Å². The molecule has 6 nitrogen and oxygen atoms in total. The summed E-state index contributed by atoms with van der Waals surface area (Å²) in [5.74, 6) is -0.261. The molecule has 24 heavy (non-hydrogen) atoms. The lowest BCUT2D eigenvalue weighted by Gasteiger charge is -2.10. The van der Waals surface area contributed by atoms with Gasteiger partial charge in [-0.2, -0.15) is 5.10 Å². The Balaban J connectivity index is 1.98. The van der Waals surface area contributed by atoms with Crippen molar-refractivity contribution in [2.24, 2.45) is 0 Å². The molecular formula is C17H14N4O2S. The number of aromatic amines is 2. The number of rotatable bonds is 3. The lowest BCUT2D eigenvalue weighted by atomic mass is 10.1. The van der Waals surface area contributed by atoms with E-state index < -0.39 is 5.56 Å². The highest BCUT2D eigenvalue weighted by Gasteiger charge is 2.13. The van der Waals surface area contributed by atoms with Crippen molar-refractivity contribution >= 4 is 23.8 Å². The Bertz CT molecular complexity index is 1010. The van der Waals surface area contributed by atoms with E-state index in [9.17, 15) is 9.59 Å². The van der Waals surface area contributed by atoms with Gasteiger partial charge >= 0.3 is 0 Å². The number of amides is 1. The van der Waals surface area contributed by atoms with Crippen molar-refractivity contribution in [3.8, 4) is 11.3 Å². The van der Waals surface area contributed by atoms with E-state index in [0.717, 1.165) is 5.56 Å². The first-order valence-electron chi connectivity index (χ1n) is 7.21. The van der Waals surface area contributed by atoms with E-state index in [2.05, 4.69) is 20.5 Å². The Morgan fingerprint density at radius 2 is 1.83 bits per heavy atom. The summed E-state index contributed by atoms with van der Waals surface area (Å²) in [5.41, 5.74) is 2.34. The number of carbonyl (C=O) groups is 1. The molecule has 3 aromatic rings. The van der Waals surface area contributed by atoms with E-state index in [1.54, 1.807) is 36.4 Å². The highest BCUT2D eigenvalue weighted by molar-refractivity contribution is 7.71. The van der Waals surface area contributed by atoms with Gasteiger partial charge in [0.05, 0.1) is 5.69 Å². The number of nitrogens with zero attached hydrogens (tertiary/aromatic N) is 1. The van der Waals surface area contributed by atoms with Gasteiger partial charge in [-0.1, -0.05) is 35.9 Å². The summed E-state index contributed by atoms with van der Waals surface area (Å²) in [7, 11) is 0. The van der Waals surface area contributed by atoms with Crippen molar-refractivity contribution in [2.75, 3.05) is 5.32 Å². The molecular weight excluding hydrogens is 324 g/mol. The molecule has 120 valence electrons. The van der Waals surface area contributed by atoms with Crippen LogP contribution in [-0.4, -0.2) is 21.1 Å². The molecule has 0 radical (unpaired) electrons. The number of hydrogen-bond acceptors (Lipinski definition) is 4. The van der Waals surface area contributed by atoms with Crippen molar-refractivity contribution < 1.29 is 4.79 Å². The molecule has 0 saturated heterocycles. The van der Waals surface area contributed by atoms with Crippen molar-refractivity contribution in [3.63, 3.8) is 0 Å². The van der Waals surface area contributed by atoms with E-state index in [1.165, 1.54) is 0 Å². The number of para-hydroxylation sites is 1. The normalized spacial score (nSPS) is 10.4. The maximum atomic E-state index is 12.4. The molecule has 0 atom stereocenters. The van der Waals surface area contributed by atoms with Crippen LogP contribution < -0.4 is 10.9 Å². The summed E-state index contributed by atoms with van der Waals surface area (Å²) in [6.07, 6.45) is 0. The van der Waals surface area contributed by atoms with Crippen LogP contribution >= 0.6 is 12.2 Å². The highest BCUT2D eigenvalue weighted by atomic mass is 32.1. The average molecular weight is 338 g/mol. The van der Waals surface area contributed by atoms with Crippen LogP contribution in [0.2, 0.25) is 0 Å². The lowest BCUT2D eigenvalue weighted by molar-refractivity contribution is 0.102. The molecule has 0 saturated carbocycles. The van der Waals surface area contributed by atoms with Gasteiger partial charge in [0.15, 0.2) is 10.5 Å². The summed E-state index contributed by atoms with van der Waals surface area (Å²) in [5, 5.41) is 9.35. The summed E-state index contributed by atoms with van der Waals surface area (Å²) in [6, 6.07) is 14.2. The Hall–Kier alpha value is -3.06. The summed E-state index contributed by atoms with van der Waals surface area (Å²) in [6.45, 7) is 1.95. The standard InChI is InChI=1S/C17H14N4O2S/c1-10-6-8-11(9-7-10)15(22)18-13-5-3-2-4-12(13)14-16(23)19-17(24)21-20-14/h2-9H,1H3,(H,18,22)(H2,19,21,23,24). The maximum Gasteiger partial charge on any atom is 0.278 e. The predicted octanol–water partition coefficient (Wildman–Crippen LogP) is 3.06. The third-order valence-corrected chi connectivity index (χ3v) is 3.65. The minimum absolute atomic E-state index is 0.143. The molecule has 1 heterocycles. The molecule has 7 heteroatoms. The lowest BCUT2D eigenvalue weighted by Crippen LogP contribution is -2.16. The molecule has 3 N–H and O–H groups in total. The van der Waals surface area contributed by atoms with Crippen LogP contribution in [0.3, 0.4) is 0 Å². The van der Waals surface area contributed by atoms with E-state index in [4.69, 9.17) is 12.2 Å². The number of nitrogens with one attached hydrogen (secondary N) is 3. The molecule has 0 aliphatic carbocycles. The highest BCUT2D eigenvalue weighted by Crippen LogP contribution is 2.24. The smallest absolute Gasteiger partial charge is 0.278 e. The number of benzene rings is 2. The van der Waals surface area contributed by atoms with Crippen LogP contribution in [0.5, 0.6) is 0 Å². The van der Waals surface area contributed by atoms with Crippen LogP contribution in [0.4, 0.5) is 5.69 Å². The van der Waals surface area contributed by atoms with Gasteiger partial charge in [-0.05, 0) is 37.3 Å². The first-order valence-corrected chi connectivity index (χ1v) is 7.62. The number of aryl methyl sites for hydroxylation is 1. The minimum Gasteiger partial charge on any atom is -0.321 e. The number of aromatic nitrogens is 3. The number of H-pyrrole nitrogens is 2. The average Bonchev–Trinajstić information content (AvgIpc) is 2.56. The largest absolute Gasteiger partial charge is 0.321 e. The van der Waals surface area contributed by atoms with Crippen LogP contribution in [0.1, 0.15) is 15.9 Å². The molecule has 2 aromatic carbocycles. The van der Waals surface area contributed by atoms with Crippen LogP contribution in [-0.2, 0) is 0 Å². The fourth-order valence-electron chi connectivity index (χ4n) is 2.23. The molecule has 0 spiro atoms. The Labute approximate surface area is 142 Å². The van der Waals surface area contributed by atoms with Crippen LogP contribution in [0.25, 0.3) is 11.3 Å². The zero-order chi connectivity index (χ0) is 17.1. The second kappa shape index (κ2) is 6.59. The Morgan fingerprint density at radius 3 is 2.54 bits per heavy atom. The predicted molar refractivity (Wildman–Crippen MR) is 94.6 cm³/mol. The Morgan fingerprint density at radius 1 is 1.12 bits per heavy atom. The van der Waals surface area contributed by atoms with Crippen molar-refractivity contribution in [1.29, 1.82) is 0 Å². The van der Waals surface area contributed by atoms with Gasteiger partial charge in [0.2, 0.25) is 0 Å². The monoisotopic (exact) mass is 338 g/mol. The van der Waals surface area contributed by atoms with Crippen molar-refractivity contribution in [3.05, 3.63) is 74.8 Å². The summed E-state index contributed by atoms with van der Waals surface area (Å²) < 4.78 is 0.143. The second-order valence-electron chi connectivity index (χ2n) is 5.22. The number of anilines is 1. The van der Waals surface area contributed by atoms with Gasteiger partial charge in [-0.3, -0.25) is 19.7 Å². The van der Waals surface area contributed by atoms with E-state index in [-0.39, 0.29) is 16.4 Å². The van der Waals surface area contributed by atoms with E-state index in [0.29, 0.717) is 16.8 Å². The molecule has 0 fully saturated rings. The van der Waals surface area contributed by atoms with Crippen molar-refractivity contribution in [1.82, 2.24) is 15.2 Å². The van der Waals surface area contributed by atoms with Gasteiger partial charge < -0.3 is 5.32 Å². The molecule has 0 unspecified atom stereocenters. The zero-order valence-corrected chi connectivity index (χ0v) is 13.6. The third-order valence-electron chi connectivity index (χ3n) is 3.46. The topological polar surface area (TPSA) is 90.6 Å². The van der Waals surface area contributed by atoms with E-state index in [1.807, 2.05) is 19.1 Å². The number of carbonyl (C=O) groups excluding carboxylic acids is 1. The molecule has 0 bridgehead atoms. The maximum absolute atomic E-state index is 12.4. The fraction of sp³-hybridized carbons (Fsp3) is 0.0588. The first-order chi connectivity index (χ1) is 11.5. The summed E-state index contributed by atoms with van der Waals surface area (Å²) >= 11 is 4.84. The zero-order valence-electron chi connectivity index (χ0n) is 12.8. The molecule has 1 aromatic heterocycles. The van der Waals surface area contributed by atoms with Crippen LogP contribution in [0.15, 0.2) is 53.3 Å². The Kier molecular flexibility index (Phi) is 4.35. The van der Waals surface area contributed by atoms with Gasteiger partial charge in [0.25, 0.3) is 11.5 Å². The van der Waals surface area contributed by atoms with Crippen LogP contribution in [0, 0.1) is 11.7 Å². The first kappa shape index (κ1) is 15.8. The quantitative estimate of drug-likeness (QED) is 0.640. The van der Waals surface area contributed by atoms with Gasteiger partial charge in [0, 0.05) is 11.1 Å². The number of hydrogen-bond donors (Lipinski definition) is 3. The molecule has 1 amide bonds. The van der Waals surface area contributed by atoms with Gasteiger partial charge in [-0.25, -0.2) is 0 Å². The van der Waals surface area contributed by atoms with Gasteiger partial charge in [0.1, 0.15) is 0 Å². The van der Waals surface area contributed by atoms with Crippen molar-refractivity contribution in [2.45, 2.75) is 6.92 Å². The molecule has 0 aliphatic heterocycles. The van der Waals surface area contributed by atoms with Gasteiger partial charge in [-0.15, -0.1) is 0 Å².